The molecule has 76 valence electrons. The summed E-state index contributed by atoms with van der Waals surface area (Å²) in [6.45, 7) is 13.4. The van der Waals surface area contributed by atoms with E-state index in [2.05, 4.69) is 34.6 Å². The Hall–Kier alpha value is -0.0400. The van der Waals surface area contributed by atoms with Gasteiger partial charge in [-0.05, 0) is 24.7 Å². The van der Waals surface area contributed by atoms with Crippen molar-refractivity contribution in [2.75, 3.05) is 6.61 Å². The van der Waals surface area contributed by atoms with Gasteiger partial charge in [-0.3, -0.25) is 0 Å². The Bertz CT molecular complexity index is 81.5. The summed E-state index contributed by atoms with van der Waals surface area (Å²) in [5, 5.41) is 7.57. The van der Waals surface area contributed by atoms with Crippen molar-refractivity contribution in [1.82, 2.24) is 0 Å². The van der Waals surface area contributed by atoms with Gasteiger partial charge in [0.05, 0.1) is 0 Å². The van der Waals surface area contributed by atoms with Crippen molar-refractivity contribution in [3.05, 3.63) is 0 Å². The maximum absolute atomic E-state index is 7.57. The summed E-state index contributed by atoms with van der Waals surface area (Å²) >= 11 is 0. The molecule has 0 rings (SSSR count). The van der Waals surface area contributed by atoms with Crippen LogP contribution in [0.1, 0.15) is 54.4 Å². The molecule has 0 aliphatic heterocycles. The summed E-state index contributed by atoms with van der Waals surface area (Å²) in [4.78, 5) is 0. The molecule has 0 heterocycles. The fourth-order valence-corrected chi connectivity index (χ4v) is 1.19. The van der Waals surface area contributed by atoms with Crippen LogP contribution in [-0.2, 0) is 0 Å². The predicted octanol–water partition coefficient (Wildman–Crippen LogP) is 3.47. The fourth-order valence-electron chi connectivity index (χ4n) is 1.19. The minimum Gasteiger partial charge on any atom is -0.397 e. The zero-order chi connectivity index (χ0) is 10.2. The fraction of sp³-hybridized carbons (Fsp3) is 1.00. The van der Waals surface area contributed by atoms with E-state index in [1.54, 1.807) is 6.92 Å². The van der Waals surface area contributed by atoms with Crippen molar-refractivity contribution in [3.8, 4) is 0 Å². The van der Waals surface area contributed by atoms with Crippen molar-refractivity contribution in [3.63, 3.8) is 0 Å². The maximum Gasteiger partial charge on any atom is 0.0402 e. The van der Waals surface area contributed by atoms with Crippen LogP contribution in [-0.4, -0.2) is 11.7 Å². The Kier molecular flexibility index (Phi) is 9.17. The Morgan fingerprint density at radius 3 is 1.58 bits per heavy atom. The first-order chi connectivity index (χ1) is 5.37. The van der Waals surface area contributed by atoms with Crippen molar-refractivity contribution >= 4 is 0 Å². The summed E-state index contributed by atoms with van der Waals surface area (Å²) in [5.41, 5.74) is 0.523. The van der Waals surface area contributed by atoms with Crippen molar-refractivity contribution in [2.45, 2.75) is 54.4 Å². The van der Waals surface area contributed by atoms with Crippen molar-refractivity contribution in [1.29, 1.82) is 0 Å². The molecule has 0 fully saturated rings. The molecule has 0 aromatic heterocycles. The van der Waals surface area contributed by atoms with E-state index in [4.69, 9.17) is 5.11 Å². The van der Waals surface area contributed by atoms with Gasteiger partial charge in [0, 0.05) is 6.61 Å². The third-order valence-electron chi connectivity index (χ3n) is 1.66. The lowest BCUT2D eigenvalue weighted by molar-refractivity contribution is 0.302. The van der Waals surface area contributed by atoms with E-state index in [0.29, 0.717) is 5.41 Å². The van der Waals surface area contributed by atoms with E-state index in [1.165, 1.54) is 12.8 Å². The van der Waals surface area contributed by atoms with Gasteiger partial charge in [0.1, 0.15) is 0 Å². The number of aliphatic hydroxyl groups is 1. The highest BCUT2D eigenvalue weighted by molar-refractivity contribution is 4.64. The summed E-state index contributed by atoms with van der Waals surface area (Å²) in [7, 11) is 0. The second-order valence-electron chi connectivity index (χ2n) is 4.59. The monoisotopic (exact) mass is 174 g/mol. The molecule has 1 heteroatoms. The lowest BCUT2D eigenvalue weighted by atomic mass is 9.84. The Morgan fingerprint density at radius 1 is 1.17 bits per heavy atom. The number of aliphatic hydroxyl groups excluding tert-OH is 1. The Labute approximate surface area is 78.2 Å². The zero-order valence-corrected chi connectivity index (χ0v) is 9.65. The highest BCUT2D eigenvalue weighted by Crippen LogP contribution is 2.25. The van der Waals surface area contributed by atoms with Gasteiger partial charge in [-0.15, -0.1) is 0 Å². The average Bonchev–Trinajstić information content (AvgIpc) is 1.86. The summed E-state index contributed by atoms with van der Waals surface area (Å²) in [5.74, 6) is 0.894. The minimum atomic E-state index is 0.250. The van der Waals surface area contributed by atoms with Gasteiger partial charge in [-0.1, -0.05) is 41.0 Å². The van der Waals surface area contributed by atoms with Gasteiger partial charge >= 0.3 is 0 Å². The van der Waals surface area contributed by atoms with Crippen LogP contribution in [0, 0.1) is 11.3 Å². The third-order valence-corrected chi connectivity index (χ3v) is 1.66. The van der Waals surface area contributed by atoms with E-state index in [9.17, 15) is 0 Å². The van der Waals surface area contributed by atoms with Gasteiger partial charge in [-0.25, -0.2) is 0 Å². The van der Waals surface area contributed by atoms with E-state index in [1.807, 2.05) is 0 Å². The SMILES string of the molecule is CCC(C)CC(C)(C)C.CCO. The van der Waals surface area contributed by atoms with Crippen LogP contribution in [0.2, 0.25) is 0 Å². The smallest absolute Gasteiger partial charge is 0.0402 e. The number of hydrogen-bond acceptors (Lipinski definition) is 1. The highest BCUT2D eigenvalue weighted by atomic mass is 16.2. The van der Waals surface area contributed by atoms with Crippen LogP contribution in [0.25, 0.3) is 0 Å². The first-order valence-electron chi connectivity index (χ1n) is 4.98. The zero-order valence-electron chi connectivity index (χ0n) is 9.65. The van der Waals surface area contributed by atoms with Crippen LogP contribution in [0.5, 0.6) is 0 Å². The summed E-state index contributed by atoms with van der Waals surface area (Å²) in [6.07, 6.45) is 2.67. The van der Waals surface area contributed by atoms with Crippen molar-refractivity contribution < 1.29 is 5.11 Å². The normalized spacial score (nSPS) is 13.2. The molecule has 1 unspecified atom stereocenters. The second-order valence-corrected chi connectivity index (χ2v) is 4.59. The largest absolute Gasteiger partial charge is 0.397 e. The lowest BCUT2D eigenvalue weighted by Gasteiger charge is -2.21. The van der Waals surface area contributed by atoms with Gasteiger partial charge in [0.15, 0.2) is 0 Å². The topological polar surface area (TPSA) is 20.2 Å². The molecular weight excluding hydrogens is 148 g/mol. The molecule has 0 amide bonds. The molecule has 0 radical (unpaired) electrons. The first-order valence-corrected chi connectivity index (χ1v) is 4.98. The first kappa shape index (κ1) is 14.5. The summed E-state index contributed by atoms with van der Waals surface area (Å²) < 4.78 is 0. The quantitative estimate of drug-likeness (QED) is 0.679. The molecule has 0 aromatic rings. The molecular formula is C11H26O. The van der Waals surface area contributed by atoms with Crippen LogP contribution >= 0.6 is 0 Å². The molecule has 0 spiro atoms. The molecule has 0 saturated heterocycles. The van der Waals surface area contributed by atoms with Gasteiger partial charge < -0.3 is 5.11 Å². The summed E-state index contributed by atoms with van der Waals surface area (Å²) in [6, 6.07) is 0. The molecule has 0 aliphatic carbocycles. The standard InChI is InChI=1S/C9H20.C2H6O/c1-6-8(2)7-9(3,4)5;1-2-3/h8H,6-7H2,1-5H3;3H,2H2,1H3. The number of rotatable bonds is 2. The molecule has 0 saturated carbocycles. The van der Waals surface area contributed by atoms with E-state index in [0.717, 1.165) is 5.92 Å². The third kappa shape index (κ3) is 16.5. The van der Waals surface area contributed by atoms with Crippen LogP contribution in [0.4, 0.5) is 0 Å². The van der Waals surface area contributed by atoms with Crippen LogP contribution in [0.3, 0.4) is 0 Å². The molecule has 0 bridgehead atoms. The molecule has 1 nitrogen and oxygen atoms in total. The predicted molar refractivity (Wildman–Crippen MR) is 56.3 cm³/mol. The van der Waals surface area contributed by atoms with E-state index in [-0.39, 0.29) is 6.61 Å². The number of hydrogen-bond donors (Lipinski definition) is 1. The molecule has 1 N–H and O–H groups in total. The van der Waals surface area contributed by atoms with Crippen molar-refractivity contribution in [2.24, 2.45) is 11.3 Å². The van der Waals surface area contributed by atoms with Gasteiger partial charge in [0.2, 0.25) is 0 Å². The Morgan fingerprint density at radius 2 is 1.50 bits per heavy atom. The lowest BCUT2D eigenvalue weighted by Crippen LogP contribution is -2.09. The van der Waals surface area contributed by atoms with Gasteiger partial charge in [-0.2, -0.15) is 0 Å². The van der Waals surface area contributed by atoms with Crippen LogP contribution in [0.15, 0.2) is 0 Å². The van der Waals surface area contributed by atoms with Crippen LogP contribution < -0.4 is 0 Å². The molecule has 12 heavy (non-hydrogen) atoms. The second kappa shape index (κ2) is 7.60. The molecule has 0 aliphatic rings. The van der Waals surface area contributed by atoms with E-state index >= 15 is 0 Å². The molecule has 0 aromatic carbocycles. The maximum atomic E-state index is 7.57. The van der Waals surface area contributed by atoms with E-state index < -0.39 is 0 Å². The molecule has 1 atom stereocenters. The van der Waals surface area contributed by atoms with Gasteiger partial charge in [0.25, 0.3) is 0 Å². The Balaban J connectivity index is 0. The highest BCUT2D eigenvalue weighted by Gasteiger charge is 2.13. The average molecular weight is 174 g/mol. The minimum absolute atomic E-state index is 0.250.